The highest BCUT2D eigenvalue weighted by Crippen LogP contribution is 2.16. The molecule has 0 amide bonds. The predicted molar refractivity (Wildman–Crippen MR) is 68.0 cm³/mol. The van der Waals surface area contributed by atoms with Crippen LogP contribution in [0.5, 0.6) is 0 Å². The van der Waals surface area contributed by atoms with Gasteiger partial charge >= 0.3 is 5.97 Å². The highest BCUT2D eigenvalue weighted by atomic mass is 32.1. The molecule has 1 atom stereocenters. The number of thiazole rings is 1. The molecule has 2 rings (SSSR count). The van der Waals surface area contributed by atoms with Crippen LogP contribution in [0.25, 0.3) is 5.13 Å². The number of carbonyl (C=O) groups is 1. The average molecular weight is 282 g/mol. The second kappa shape index (κ2) is 5.89. The first-order valence-electron chi connectivity index (χ1n) is 5.81. The highest BCUT2D eigenvalue weighted by molar-refractivity contribution is 7.12. The number of hydrogen-bond acceptors (Lipinski definition) is 7. The Morgan fingerprint density at radius 1 is 1.63 bits per heavy atom. The van der Waals surface area contributed by atoms with E-state index < -0.39 is 6.10 Å². The number of aliphatic hydroxyl groups excluding tert-OH is 1. The van der Waals surface area contributed by atoms with E-state index in [4.69, 9.17) is 4.74 Å². The van der Waals surface area contributed by atoms with Crippen LogP contribution in [0.3, 0.4) is 0 Å². The standard InChI is InChI=1S/C11H14N4O3S/c1-3-18-10(17)4-8-6-19-11(12-8)15-5-9(7(2)16)13-14-15/h5-7,16H,3-4H2,1-2H3/t7-/m0/s1. The van der Waals surface area contributed by atoms with Gasteiger partial charge in [0.25, 0.3) is 0 Å². The zero-order chi connectivity index (χ0) is 13.8. The molecule has 2 aromatic rings. The number of aromatic nitrogens is 4. The molecule has 0 aliphatic rings. The normalized spacial score (nSPS) is 12.4. The monoisotopic (exact) mass is 282 g/mol. The summed E-state index contributed by atoms with van der Waals surface area (Å²) in [5.74, 6) is -0.303. The van der Waals surface area contributed by atoms with Gasteiger partial charge in [0.05, 0.1) is 31.0 Å². The van der Waals surface area contributed by atoms with E-state index in [1.165, 1.54) is 16.0 Å². The van der Waals surface area contributed by atoms with Crippen molar-refractivity contribution in [3.63, 3.8) is 0 Å². The molecule has 0 saturated heterocycles. The van der Waals surface area contributed by atoms with E-state index in [0.717, 1.165) is 0 Å². The first-order valence-corrected chi connectivity index (χ1v) is 6.68. The Morgan fingerprint density at radius 3 is 3.05 bits per heavy atom. The van der Waals surface area contributed by atoms with Gasteiger partial charge in [0.15, 0.2) is 0 Å². The lowest BCUT2D eigenvalue weighted by atomic mass is 10.3. The molecule has 0 unspecified atom stereocenters. The molecule has 0 spiro atoms. The fourth-order valence-electron chi connectivity index (χ4n) is 1.40. The summed E-state index contributed by atoms with van der Waals surface area (Å²) in [5.41, 5.74) is 1.11. The van der Waals surface area contributed by atoms with E-state index in [9.17, 15) is 9.90 Å². The highest BCUT2D eigenvalue weighted by Gasteiger charge is 2.12. The van der Waals surface area contributed by atoms with Crippen molar-refractivity contribution in [1.29, 1.82) is 0 Å². The van der Waals surface area contributed by atoms with Gasteiger partial charge < -0.3 is 9.84 Å². The molecular formula is C11H14N4O3S. The average Bonchev–Trinajstić information content (AvgIpc) is 2.96. The van der Waals surface area contributed by atoms with Gasteiger partial charge in [0.2, 0.25) is 5.13 Å². The van der Waals surface area contributed by atoms with E-state index in [0.29, 0.717) is 23.1 Å². The van der Waals surface area contributed by atoms with Crippen LogP contribution < -0.4 is 0 Å². The van der Waals surface area contributed by atoms with Crippen molar-refractivity contribution in [1.82, 2.24) is 20.0 Å². The Labute approximate surface area is 113 Å². The number of carbonyl (C=O) groups excluding carboxylic acids is 1. The van der Waals surface area contributed by atoms with Gasteiger partial charge in [-0.2, -0.15) is 4.68 Å². The third kappa shape index (κ3) is 3.36. The second-order valence-electron chi connectivity index (χ2n) is 3.87. The molecule has 0 aliphatic carbocycles. The van der Waals surface area contributed by atoms with Gasteiger partial charge in [-0.1, -0.05) is 5.21 Å². The second-order valence-corrected chi connectivity index (χ2v) is 4.70. The molecular weight excluding hydrogens is 268 g/mol. The zero-order valence-corrected chi connectivity index (χ0v) is 11.4. The molecule has 0 fully saturated rings. The third-order valence-corrected chi connectivity index (χ3v) is 3.18. The van der Waals surface area contributed by atoms with E-state index in [1.54, 1.807) is 25.4 Å². The van der Waals surface area contributed by atoms with Gasteiger partial charge in [0, 0.05) is 5.38 Å². The maximum absolute atomic E-state index is 11.3. The van der Waals surface area contributed by atoms with Crippen molar-refractivity contribution in [3.05, 3.63) is 23.0 Å². The lowest BCUT2D eigenvalue weighted by molar-refractivity contribution is -0.142. The minimum absolute atomic E-state index is 0.141. The van der Waals surface area contributed by atoms with E-state index in [2.05, 4.69) is 15.3 Å². The maximum atomic E-state index is 11.3. The molecule has 2 aromatic heterocycles. The molecule has 8 heteroatoms. The summed E-state index contributed by atoms with van der Waals surface area (Å²) in [6.07, 6.45) is 1.08. The smallest absolute Gasteiger partial charge is 0.311 e. The molecule has 0 aromatic carbocycles. The van der Waals surface area contributed by atoms with Crippen LogP contribution in [0, 0.1) is 0 Å². The topological polar surface area (TPSA) is 90.1 Å². The lowest BCUT2D eigenvalue weighted by Gasteiger charge is -1.98. The van der Waals surface area contributed by atoms with Crippen LogP contribution in [0.2, 0.25) is 0 Å². The van der Waals surface area contributed by atoms with Crippen LogP contribution in [-0.2, 0) is 16.0 Å². The number of aliphatic hydroxyl groups is 1. The van der Waals surface area contributed by atoms with Gasteiger partial charge in [0.1, 0.15) is 5.69 Å². The molecule has 0 saturated carbocycles. The minimum Gasteiger partial charge on any atom is -0.466 e. The van der Waals surface area contributed by atoms with Gasteiger partial charge in [-0.3, -0.25) is 4.79 Å². The fourth-order valence-corrected chi connectivity index (χ4v) is 2.15. The molecule has 2 heterocycles. The first kappa shape index (κ1) is 13.6. The summed E-state index contributed by atoms with van der Waals surface area (Å²) in [7, 11) is 0. The number of nitrogens with zero attached hydrogens (tertiary/aromatic N) is 4. The van der Waals surface area contributed by atoms with Crippen molar-refractivity contribution in [2.75, 3.05) is 6.61 Å². The van der Waals surface area contributed by atoms with Crippen molar-refractivity contribution >= 4 is 17.3 Å². The van der Waals surface area contributed by atoms with E-state index in [1.807, 2.05) is 0 Å². The molecule has 19 heavy (non-hydrogen) atoms. The number of rotatable bonds is 5. The van der Waals surface area contributed by atoms with Crippen molar-refractivity contribution in [2.24, 2.45) is 0 Å². The molecule has 0 aliphatic heterocycles. The summed E-state index contributed by atoms with van der Waals surface area (Å²) in [4.78, 5) is 15.6. The minimum atomic E-state index is -0.673. The molecule has 0 radical (unpaired) electrons. The van der Waals surface area contributed by atoms with Crippen LogP contribution in [0.1, 0.15) is 31.3 Å². The van der Waals surface area contributed by atoms with Crippen LogP contribution >= 0.6 is 11.3 Å². The number of esters is 1. The van der Waals surface area contributed by atoms with Gasteiger partial charge in [-0.15, -0.1) is 16.4 Å². The van der Waals surface area contributed by atoms with Crippen LogP contribution in [0.4, 0.5) is 0 Å². The molecule has 0 bridgehead atoms. The number of hydrogen-bond donors (Lipinski definition) is 1. The Hall–Kier alpha value is -1.80. The Balaban J connectivity index is 2.09. The van der Waals surface area contributed by atoms with Crippen LogP contribution in [-0.4, -0.2) is 37.7 Å². The van der Waals surface area contributed by atoms with Gasteiger partial charge in [-0.05, 0) is 13.8 Å². The SMILES string of the molecule is CCOC(=O)Cc1csc(-n2cc([C@H](C)O)nn2)n1. The van der Waals surface area contributed by atoms with E-state index in [-0.39, 0.29) is 12.4 Å². The lowest BCUT2D eigenvalue weighted by Crippen LogP contribution is -2.07. The van der Waals surface area contributed by atoms with Crippen LogP contribution in [0.15, 0.2) is 11.6 Å². The predicted octanol–water partition coefficient (Wildman–Crippen LogP) is 0.883. The summed E-state index contributed by atoms with van der Waals surface area (Å²) >= 11 is 1.35. The summed E-state index contributed by atoms with van der Waals surface area (Å²) in [6, 6.07) is 0. The quantitative estimate of drug-likeness (QED) is 0.819. The van der Waals surface area contributed by atoms with Gasteiger partial charge in [-0.25, -0.2) is 4.98 Å². The third-order valence-electron chi connectivity index (χ3n) is 2.31. The summed E-state index contributed by atoms with van der Waals surface area (Å²) < 4.78 is 6.33. The summed E-state index contributed by atoms with van der Waals surface area (Å²) in [5, 5.41) is 19.4. The Kier molecular flexibility index (Phi) is 4.23. The molecule has 7 nitrogen and oxygen atoms in total. The van der Waals surface area contributed by atoms with E-state index >= 15 is 0 Å². The Morgan fingerprint density at radius 2 is 2.42 bits per heavy atom. The number of ether oxygens (including phenoxy) is 1. The summed E-state index contributed by atoms with van der Waals surface area (Å²) in [6.45, 7) is 3.73. The largest absolute Gasteiger partial charge is 0.466 e. The Bertz CT molecular complexity index is 564. The molecule has 102 valence electrons. The fraction of sp³-hybridized carbons (Fsp3) is 0.455. The maximum Gasteiger partial charge on any atom is 0.311 e. The van der Waals surface area contributed by atoms with Crippen molar-refractivity contribution < 1.29 is 14.6 Å². The first-order chi connectivity index (χ1) is 9.10. The zero-order valence-electron chi connectivity index (χ0n) is 10.6. The molecule has 1 N–H and O–H groups in total. The van der Waals surface area contributed by atoms with Crippen molar-refractivity contribution in [2.45, 2.75) is 26.4 Å². The van der Waals surface area contributed by atoms with Crippen molar-refractivity contribution in [3.8, 4) is 5.13 Å².